The molecule has 1 atom stereocenters. The number of benzene rings is 1. The van der Waals surface area contributed by atoms with Gasteiger partial charge in [-0.3, -0.25) is 4.79 Å². The van der Waals surface area contributed by atoms with E-state index in [9.17, 15) is 4.79 Å². The van der Waals surface area contributed by atoms with E-state index in [4.69, 9.17) is 38.8 Å². The Morgan fingerprint density at radius 3 is 2.48 bits per heavy atom. The number of nitrogens with zero attached hydrogens (tertiary/aromatic N) is 1. The Bertz CT molecular complexity index is 466. The van der Waals surface area contributed by atoms with Gasteiger partial charge in [0.25, 0.3) is 0 Å². The van der Waals surface area contributed by atoms with Crippen LogP contribution in [0.3, 0.4) is 0 Å². The molecule has 0 aliphatic heterocycles. The molecule has 3 N–H and O–H groups in total. The Balaban J connectivity index is 2.99. The standard InChI is InChI=1S/C14H20Cl2N2O3/c1-21-13-9-10(8-11(17)14(19)20)2-3-12(13)18(6-4-15)7-5-16/h2-3,9,11H,4-8,17H2,1H3,(H,19,20). The van der Waals surface area contributed by atoms with E-state index in [-0.39, 0.29) is 6.42 Å². The number of anilines is 1. The molecule has 7 heteroatoms. The maximum Gasteiger partial charge on any atom is 0.320 e. The van der Waals surface area contributed by atoms with Gasteiger partial charge in [0.2, 0.25) is 0 Å². The van der Waals surface area contributed by atoms with E-state index in [2.05, 4.69) is 0 Å². The van der Waals surface area contributed by atoms with Crippen LogP contribution < -0.4 is 15.4 Å². The second kappa shape index (κ2) is 8.97. The number of halogens is 2. The summed E-state index contributed by atoms with van der Waals surface area (Å²) in [7, 11) is 1.57. The smallest absolute Gasteiger partial charge is 0.320 e. The summed E-state index contributed by atoms with van der Waals surface area (Å²) >= 11 is 11.6. The summed E-state index contributed by atoms with van der Waals surface area (Å²) in [6.07, 6.45) is 0.247. The van der Waals surface area contributed by atoms with Gasteiger partial charge in [0.15, 0.2) is 0 Å². The number of carboxylic acid groups (broad SMARTS) is 1. The Kier molecular flexibility index (Phi) is 7.64. The minimum atomic E-state index is -1.02. The van der Waals surface area contributed by atoms with Crippen molar-refractivity contribution in [1.82, 2.24) is 0 Å². The fourth-order valence-electron chi connectivity index (χ4n) is 2.01. The van der Waals surface area contributed by atoms with E-state index in [0.29, 0.717) is 30.6 Å². The number of nitrogens with two attached hydrogens (primary N) is 1. The maximum atomic E-state index is 10.8. The minimum Gasteiger partial charge on any atom is -0.495 e. The topological polar surface area (TPSA) is 75.8 Å². The maximum absolute atomic E-state index is 10.8. The zero-order chi connectivity index (χ0) is 15.8. The summed E-state index contributed by atoms with van der Waals surface area (Å²) in [5.74, 6) is 0.585. The predicted octanol–water partition coefficient (Wildman–Crippen LogP) is 1.93. The predicted molar refractivity (Wildman–Crippen MR) is 86.0 cm³/mol. The van der Waals surface area contributed by atoms with Gasteiger partial charge in [0.1, 0.15) is 11.8 Å². The molecule has 0 saturated heterocycles. The molecule has 0 aliphatic carbocycles. The molecule has 0 radical (unpaired) electrons. The zero-order valence-electron chi connectivity index (χ0n) is 11.9. The van der Waals surface area contributed by atoms with Crippen LogP contribution in [0.2, 0.25) is 0 Å². The van der Waals surface area contributed by atoms with Crippen LogP contribution in [-0.4, -0.2) is 49.1 Å². The summed E-state index contributed by atoms with van der Waals surface area (Å²) in [6.45, 7) is 1.30. The highest BCUT2D eigenvalue weighted by atomic mass is 35.5. The molecule has 0 heterocycles. The van der Waals surface area contributed by atoms with Crippen LogP contribution in [0, 0.1) is 0 Å². The monoisotopic (exact) mass is 334 g/mol. The summed E-state index contributed by atoms with van der Waals surface area (Å²) in [5.41, 5.74) is 7.24. The largest absolute Gasteiger partial charge is 0.495 e. The van der Waals surface area contributed by atoms with Crippen LogP contribution in [0.25, 0.3) is 0 Å². The fraction of sp³-hybridized carbons (Fsp3) is 0.500. The lowest BCUT2D eigenvalue weighted by Gasteiger charge is -2.25. The van der Waals surface area contributed by atoms with Crippen LogP contribution in [0.1, 0.15) is 5.56 Å². The van der Waals surface area contributed by atoms with E-state index < -0.39 is 12.0 Å². The van der Waals surface area contributed by atoms with E-state index in [1.807, 2.05) is 17.0 Å². The van der Waals surface area contributed by atoms with Gasteiger partial charge in [-0.05, 0) is 24.1 Å². The molecule has 0 fully saturated rings. The third-order valence-corrected chi connectivity index (χ3v) is 3.40. The second-order valence-corrected chi connectivity index (χ2v) is 5.28. The average Bonchev–Trinajstić information content (AvgIpc) is 2.46. The van der Waals surface area contributed by atoms with Gasteiger partial charge in [0.05, 0.1) is 12.8 Å². The second-order valence-electron chi connectivity index (χ2n) is 4.52. The van der Waals surface area contributed by atoms with Crippen molar-refractivity contribution in [1.29, 1.82) is 0 Å². The number of hydrogen-bond acceptors (Lipinski definition) is 4. The number of rotatable bonds is 9. The SMILES string of the molecule is COc1cc(CC(N)C(=O)O)ccc1N(CCCl)CCCl. The first-order valence-corrected chi connectivity index (χ1v) is 7.62. The molecule has 1 rings (SSSR count). The highest BCUT2D eigenvalue weighted by Crippen LogP contribution is 2.29. The summed E-state index contributed by atoms with van der Waals surface area (Å²) in [6, 6.07) is 4.59. The van der Waals surface area contributed by atoms with Crippen molar-refractivity contribution in [3.8, 4) is 5.75 Å². The van der Waals surface area contributed by atoms with E-state index in [1.54, 1.807) is 13.2 Å². The van der Waals surface area contributed by atoms with Gasteiger partial charge >= 0.3 is 5.97 Å². The Morgan fingerprint density at radius 2 is 2.00 bits per heavy atom. The van der Waals surface area contributed by atoms with Gasteiger partial charge in [-0.2, -0.15) is 0 Å². The highest BCUT2D eigenvalue weighted by Gasteiger charge is 2.16. The average molecular weight is 335 g/mol. The van der Waals surface area contributed by atoms with Crippen molar-refractivity contribution in [2.75, 3.05) is 36.9 Å². The van der Waals surface area contributed by atoms with Gasteiger partial charge in [0, 0.05) is 24.8 Å². The number of aliphatic carboxylic acids is 1. The lowest BCUT2D eigenvalue weighted by atomic mass is 10.1. The third-order valence-electron chi connectivity index (χ3n) is 3.07. The Morgan fingerprint density at radius 1 is 1.38 bits per heavy atom. The molecule has 0 spiro atoms. The normalized spacial score (nSPS) is 12.0. The van der Waals surface area contributed by atoms with E-state index >= 15 is 0 Å². The first kappa shape index (κ1) is 17.9. The molecule has 0 aromatic heterocycles. The van der Waals surface area contributed by atoms with Crippen molar-refractivity contribution in [3.05, 3.63) is 23.8 Å². The zero-order valence-corrected chi connectivity index (χ0v) is 13.4. The molecule has 118 valence electrons. The third kappa shape index (κ3) is 5.26. The Labute approximate surface area is 134 Å². The van der Waals surface area contributed by atoms with Crippen molar-refractivity contribution < 1.29 is 14.6 Å². The molecule has 0 amide bonds. The van der Waals surface area contributed by atoms with E-state index in [0.717, 1.165) is 11.3 Å². The van der Waals surface area contributed by atoms with E-state index in [1.165, 1.54) is 0 Å². The summed E-state index contributed by atoms with van der Waals surface area (Å²) in [5, 5.41) is 8.86. The summed E-state index contributed by atoms with van der Waals surface area (Å²) < 4.78 is 5.39. The van der Waals surface area contributed by atoms with Crippen molar-refractivity contribution in [3.63, 3.8) is 0 Å². The molecule has 0 aliphatic rings. The number of methoxy groups -OCH3 is 1. The van der Waals surface area contributed by atoms with Crippen LogP contribution in [0.4, 0.5) is 5.69 Å². The minimum absolute atomic E-state index is 0.247. The number of alkyl halides is 2. The molecular weight excluding hydrogens is 315 g/mol. The molecule has 1 unspecified atom stereocenters. The molecule has 0 saturated carbocycles. The van der Waals surface area contributed by atoms with Crippen LogP contribution in [0.5, 0.6) is 5.75 Å². The van der Waals surface area contributed by atoms with Gasteiger partial charge in [-0.25, -0.2) is 0 Å². The van der Waals surface area contributed by atoms with Gasteiger partial charge in [-0.1, -0.05) is 6.07 Å². The highest BCUT2D eigenvalue weighted by molar-refractivity contribution is 6.18. The molecule has 21 heavy (non-hydrogen) atoms. The molecule has 5 nitrogen and oxygen atoms in total. The molecule has 0 bridgehead atoms. The van der Waals surface area contributed by atoms with Crippen LogP contribution in [0.15, 0.2) is 18.2 Å². The number of carbonyl (C=O) groups is 1. The summed E-state index contributed by atoms with van der Waals surface area (Å²) in [4.78, 5) is 12.8. The molecule has 1 aromatic carbocycles. The first-order chi connectivity index (χ1) is 10.0. The quantitative estimate of drug-likeness (QED) is 0.675. The Hall–Kier alpha value is -1.17. The van der Waals surface area contributed by atoms with Crippen molar-refractivity contribution >= 4 is 34.9 Å². The number of ether oxygens (including phenoxy) is 1. The molecule has 1 aromatic rings. The van der Waals surface area contributed by atoms with Crippen molar-refractivity contribution in [2.24, 2.45) is 5.73 Å². The van der Waals surface area contributed by atoms with Gasteiger partial charge in [-0.15, -0.1) is 23.2 Å². The first-order valence-electron chi connectivity index (χ1n) is 6.55. The van der Waals surface area contributed by atoms with Crippen LogP contribution in [-0.2, 0) is 11.2 Å². The van der Waals surface area contributed by atoms with Gasteiger partial charge < -0.3 is 20.5 Å². The lowest BCUT2D eigenvalue weighted by molar-refractivity contribution is -0.138. The van der Waals surface area contributed by atoms with Crippen molar-refractivity contribution in [2.45, 2.75) is 12.5 Å². The molecular formula is C14H20Cl2N2O3. The van der Waals surface area contributed by atoms with Crippen LogP contribution >= 0.6 is 23.2 Å². The fourth-order valence-corrected chi connectivity index (χ4v) is 2.42. The number of carboxylic acids is 1. The lowest BCUT2D eigenvalue weighted by Crippen LogP contribution is -2.32. The number of hydrogen-bond donors (Lipinski definition) is 2.